The van der Waals surface area contributed by atoms with Crippen LogP contribution in [0.4, 0.5) is 5.69 Å². The Labute approximate surface area is 117 Å². The van der Waals surface area contributed by atoms with Crippen molar-refractivity contribution in [1.29, 1.82) is 0 Å². The highest BCUT2D eigenvalue weighted by Crippen LogP contribution is 2.23. The lowest BCUT2D eigenvalue weighted by molar-refractivity contribution is 0.683. The zero-order valence-corrected chi connectivity index (χ0v) is 12.4. The van der Waals surface area contributed by atoms with Gasteiger partial charge in [0.1, 0.15) is 0 Å². The molecule has 0 aliphatic carbocycles. The van der Waals surface area contributed by atoms with Gasteiger partial charge in [-0.25, -0.2) is 0 Å². The van der Waals surface area contributed by atoms with Crippen molar-refractivity contribution in [2.75, 3.05) is 5.73 Å². The molecule has 0 radical (unpaired) electrons. The number of aryl methyl sites for hydroxylation is 3. The monoisotopic (exact) mass is 273 g/mol. The molecule has 0 amide bonds. The number of anilines is 1. The van der Waals surface area contributed by atoms with E-state index >= 15 is 0 Å². The van der Waals surface area contributed by atoms with Crippen LogP contribution in [0.5, 0.6) is 0 Å². The van der Waals surface area contributed by atoms with Gasteiger partial charge in [0.25, 0.3) is 0 Å². The van der Waals surface area contributed by atoms with Crippen LogP contribution in [0.3, 0.4) is 0 Å². The molecular weight excluding hydrogens is 254 g/mol. The third kappa shape index (κ3) is 3.04. The Morgan fingerprint density at radius 1 is 1.00 bits per heavy atom. The summed E-state index contributed by atoms with van der Waals surface area (Å²) in [6.45, 7) is 6.09. The highest BCUT2D eigenvalue weighted by molar-refractivity contribution is 7.84. The summed E-state index contributed by atoms with van der Waals surface area (Å²) in [4.78, 5) is 0.734. The molecule has 0 saturated carbocycles. The summed E-state index contributed by atoms with van der Waals surface area (Å²) >= 11 is 0. The quantitative estimate of drug-likeness (QED) is 0.870. The van der Waals surface area contributed by atoms with Gasteiger partial charge in [-0.15, -0.1) is 0 Å². The minimum absolute atomic E-state index is 0.509. The van der Waals surface area contributed by atoms with Crippen LogP contribution in [0.1, 0.15) is 22.3 Å². The SMILES string of the molecule is Cc1ccc(CS(=O)c2cccc(C)c2N)cc1C. The molecule has 0 aliphatic heterocycles. The van der Waals surface area contributed by atoms with Crippen molar-refractivity contribution in [2.24, 2.45) is 0 Å². The van der Waals surface area contributed by atoms with Crippen molar-refractivity contribution in [1.82, 2.24) is 0 Å². The second kappa shape index (κ2) is 5.57. The lowest BCUT2D eigenvalue weighted by atomic mass is 10.1. The summed E-state index contributed by atoms with van der Waals surface area (Å²) in [6.07, 6.45) is 0. The van der Waals surface area contributed by atoms with Crippen LogP contribution in [0, 0.1) is 20.8 Å². The van der Waals surface area contributed by atoms with Crippen LogP contribution in [0.2, 0.25) is 0 Å². The Bertz CT molecular complexity index is 635. The predicted octanol–water partition coefficient (Wildman–Crippen LogP) is 3.50. The van der Waals surface area contributed by atoms with Crippen molar-refractivity contribution in [2.45, 2.75) is 31.4 Å². The maximum atomic E-state index is 12.4. The largest absolute Gasteiger partial charge is 0.398 e. The number of benzene rings is 2. The van der Waals surface area contributed by atoms with Crippen LogP contribution in [-0.2, 0) is 16.6 Å². The molecule has 100 valence electrons. The molecule has 0 saturated heterocycles. The van der Waals surface area contributed by atoms with Gasteiger partial charge in [0.05, 0.1) is 27.1 Å². The Morgan fingerprint density at radius 2 is 1.74 bits per heavy atom. The number of nitrogen functional groups attached to an aromatic ring is 1. The fourth-order valence-electron chi connectivity index (χ4n) is 1.97. The van der Waals surface area contributed by atoms with Gasteiger partial charge in [-0.2, -0.15) is 0 Å². The minimum Gasteiger partial charge on any atom is -0.398 e. The average Bonchev–Trinajstić information content (AvgIpc) is 2.37. The summed E-state index contributed by atoms with van der Waals surface area (Å²) in [5, 5.41) is 0. The minimum atomic E-state index is -1.10. The van der Waals surface area contributed by atoms with Crippen LogP contribution in [0.15, 0.2) is 41.3 Å². The molecule has 2 nitrogen and oxygen atoms in total. The Balaban J connectivity index is 2.26. The molecule has 3 heteroatoms. The Kier molecular flexibility index (Phi) is 4.05. The second-order valence-electron chi connectivity index (χ2n) is 4.90. The first-order valence-corrected chi connectivity index (χ1v) is 7.60. The zero-order chi connectivity index (χ0) is 14.0. The van der Waals surface area contributed by atoms with E-state index in [9.17, 15) is 4.21 Å². The van der Waals surface area contributed by atoms with Gasteiger partial charge < -0.3 is 5.73 Å². The first-order chi connectivity index (χ1) is 8.99. The van der Waals surface area contributed by atoms with Crippen molar-refractivity contribution in [3.8, 4) is 0 Å². The Hall–Kier alpha value is -1.61. The summed E-state index contributed by atoms with van der Waals surface area (Å²) in [7, 11) is -1.10. The van der Waals surface area contributed by atoms with Gasteiger partial charge >= 0.3 is 0 Å². The van der Waals surface area contributed by atoms with E-state index in [-0.39, 0.29) is 0 Å². The molecule has 2 aromatic rings. The first kappa shape index (κ1) is 13.8. The normalized spacial score (nSPS) is 12.4. The van der Waals surface area contributed by atoms with E-state index in [2.05, 4.69) is 26.0 Å². The van der Waals surface area contributed by atoms with Gasteiger partial charge in [0, 0.05) is 0 Å². The smallest absolute Gasteiger partial charge is 0.0623 e. The molecule has 0 aliphatic rings. The number of rotatable bonds is 3. The van der Waals surface area contributed by atoms with Crippen molar-refractivity contribution in [3.05, 3.63) is 58.7 Å². The molecule has 2 N–H and O–H groups in total. The maximum absolute atomic E-state index is 12.4. The third-order valence-corrected chi connectivity index (χ3v) is 4.84. The number of para-hydroxylation sites is 1. The van der Waals surface area contributed by atoms with E-state index < -0.39 is 10.8 Å². The molecule has 0 spiro atoms. The highest BCUT2D eigenvalue weighted by atomic mass is 32.2. The van der Waals surface area contributed by atoms with E-state index in [0.717, 1.165) is 16.0 Å². The lowest BCUT2D eigenvalue weighted by Crippen LogP contribution is -2.02. The average molecular weight is 273 g/mol. The first-order valence-electron chi connectivity index (χ1n) is 6.28. The number of hydrogen-bond donors (Lipinski definition) is 1. The highest BCUT2D eigenvalue weighted by Gasteiger charge is 2.10. The molecule has 1 unspecified atom stereocenters. The van der Waals surface area contributed by atoms with Crippen LogP contribution >= 0.6 is 0 Å². The molecule has 2 rings (SSSR count). The van der Waals surface area contributed by atoms with Crippen LogP contribution < -0.4 is 5.73 Å². The summed E-state index contributed by atoms with van der Waals surface area (Å²) in [5.41, 5.74) is 11.2. The topological polar surface area (TPSA) is 43.1 Å². The van der Waals surface area contributed by atoms with E-state index in [1.807, 2.05) is 31.2 Å². The zero-order valence-electron chi connectivity index (χ0n) is 11.6. The summed E-state index contributed by atoms with van der Waals surface area (Å²) in [6, 6.07) is 11.9. The maximum Gasteiger partial charge on any atom is 0.0623 e. The van der Waals surface area contributed by atoms with E-state index in [1.54, 1.807) is 0 Å². The molecule has 0 heterocycles. The fraction of sp³-hybridized carbons (Fsp3) is 0.250. The lowest BCUT2D eigenvalue weighted by Gasteiger charge is -2.09. The summed E-state index contributed by atoms with van der Waals surface area (Å²) in [5.74, 6) is 0.509. The van der Waals surface area contributed by atoms with E-state index in [4.69, 9.17) is 5.73 Å². The molecule has 2 aromatic carbocycles. The molecule has 1 atom stereocenters. The van der Waals surface area contributed by atoms with Crippen LogP contribution in [-0.4, -0.2) is 4.21 Å². The molecule has 0 bridgehead atoms. The molecule has 0 fully saturated rings. The summed E-state index contributed by atoms with van der Waals surface area (Å²) < 4.78 is 12.4. The standard InChI is InChI=1S/C16H19NOS/c1-11-7-8-14(9-13(11)3)10-19(18)15-6-4-5-12(2)16(15)17/h4-9H,10,17H2,1-3H3. The van der Waals surface area contributed by atoms with Crippen molar-refractivity contribution in [3.63, 3.8) is 0 Å². The number of hydrogen-bond acceptors (Lipinski definition) is 2. The predicted molar refractivity (Wildman–Crippen MR) is 81.6 cm³/mol. The van der Waals surface area contributed by atoms with Crippen molar-refractivity contribution >= 4 is 16.5 Å². The molecule has 0 aromatic heterocycles. The van der Waals surface area contributed by atoms with E-state index in [1.165, 1.54) is 11.1 Å². The van der Waals surface area contributed by atoms with Gasteiger partial charge in [-0.3, -0.25) is 4.21 Å². The van der Waals surface area contributed by atoms with Gasteiger partial charge in [0.15, 0.2) is 0 Å². The second-order valence-corrected chi connectivity index (χ2v) is 6.31. The van der Waals surface area contributed by atoms with Gasteiger partial charge in [0.2, 0.25) is 0 Å². The fourth-order valence-corrected chi connectivity index (χ4v) is 3.25. The van der Waals surface area contributed by atoms with Gasteiger partial charge in [-0.1, -0.05) is 30.3 Å². The van der Waals surface area contributed by atoms with Gasteiger partial charge in [-0.05, 0) is 49.1 Å². The number of nitrogens with two attached hydrogens (primary N) is 1. The molecule has 19 heavy (non-hydrogen) atoms. The van der Waals surface area contributed by atoms with Crippen molar-refractivity contribution < 1.29 is 4.21 Å². The molecular formula is C16H19NOS. The van der Waals surface area contributed by atoms with E-state index in [0.29, 0.717) is 11.4 Å². The Morgan fingerprint density at radius 3 is 2.42 bits per heavy atom. The van der Waals surface area contributed by atoms with Crippen LogP contribution in [0.25, 0.3) is 0 Å². The third-order valence-electron chi connectivity index (χ3n) is 3.40.